The van der Waals surface area contributed by atoms with Gasteiger partial charge in [0.25, 0.3) is 0 Å². The van der Waals surface area contributed by atoms with Crippen LogP contribution in [0.1, 0.15) is 13.8 Å². The number of pyridine rings is 1. The smallest absolute Gasteiger partial charge is 0.412 e. The second-order valence-corrected chi connectivity index (χ2v) is 9.52. The molecule has 36 heavy (non-hydrogen) atoms. The summed E-state index contributed by atoms with van der Waals surface area (Å²) in [6, 6.07) is 9.30. The van der Waals surface area contributed by atoms with Gasteiger partial charge in [-0.25, -0.2) is 4.79 Å². The third kappa shape index (κ3) is 4.05. The molecular weight excluding hydrogens is 462 g/mol. The van der Waals surface area contributed by atoms with Crippen LogP contribution < -0.4 is 29.0 Å². The van der Waals surface area contributed by atoms with Crippen LogP contribution in [0.25, 0.3) is 32.4 Å². The molecule has 1 aromatic heterocycles. The minimum absolute atomic E-state index is 0.150. The lowest BCUT2D eigenvalue weighted by Gasteiger charge is -2.32. The van der Waals surface area contributed by atoms with Gasteiger partial charge in [0, 0.05) is 40.5 Å². The fourth-order valence-corrected chi connectivity index (χ4v) is 4.18. The minimum atomic E-state index is -0.545. The topological polar surface area (TPSA) is 91.4 Å². The van der Waals surface area contributed by atoms with Crippen LogP contribution in [-0.4, -0.2) is 63.2 Å². The second-order valence-electron chi connectivity index (χ2n) is 9.52. The summed E-state index contributed by atoms with van der Waals surface area (Å²) in [7, 11) is 7.11. The van der Waals surface area contributed by atoms with Gasteiger partial charge in [0.05, 0.1) is 19.7 Å². The number of carbonyl (C=O) groups excluding carboxylic acids is 1. The number of carbonyl (C=O) groups is 1. The number of amides is 1. The SMILES string of the molecule is COc1cc2cc(OC(=O)NCC(C)(C)N(C)C)c3c4cc5c(cc4ncc3c2cc1OC)OCO5. The van der Waals surface area contributed by atoms with Crippen LogP contribution >= 0.6 is 0 Å². The van der Waals surface area contributed by atoms with E-state index < -0.39 is 6.09 Å². The molecule has 2 heterocycles. The van der Waals surface area contributed by atoms with Crippen LogP contribution in [0, 0.1) is 0 Å². The van der Waals surface area contributed by atoms with Gasteiger partial charge in [0.2, 0.25) is 6.79 Å². The molecule has 188 valence electrons. The molecule has 0 aliphatic carbocycles. The number of hydrogen-bond donors (Lipinski definition) is 1. The molecule has 4 aromatic rings. The molecule has 9 nitrogen and oxygen atoms in total. The van der Waals surface area contributed by atoms with E-state index in [0.717, 1.165) is 26.9 Å². The van der Waals surface area contributed by atoms with Gasteiger partial charge >= 0.3 is 6.09 Å². The first kappa shape index (κ1) is 23.7. The van der Waals surface area contributed by atoms with E-state index in [1.54, 1.807) is 20.4 Å². The Hall–Kier alpha value is -3.98. The van der Waals surface area contributed by atoms with Crippen LogP contribution in [0.2, 0.25) is 0 Å². The maximum Gasteiger partial charge on any atom is 0.412 e. The van der Waals surface area contributed by atoms with Crippen molar-refractivity contribution in [3.05, 3.63) is 36.5 Å². The first-order valence-electron chi connectivity index (χ1n) is 11.6. The van der Waals surface area contributed by atoms with Gasteiger partial charge < -0.3 is 33.9 Å². The highest BCUT2D eigenvalue weighted by molar-refractivity contribution is 6.20. The van der Waals surface area contributed by atoms with Crippen LogP contribution in [0.5, 0.6) is 28.7 Å². The standard InChI is InChI=1S/C27H29N3O6/c1-27(2,30(3)4)13-29-26(31)36-24-8-15-7-20(32-5)21(33-6)9-16(15)18-12-28-19-11-23-22(34-14-35-23)10-17(19)25(18)24/h7-12H,13-14H2,1-6H3,(H,29,31). The predicted octanol–water partition coefficient (Wildman–Crippen LogP) is 4.72. The zero-order valence-electron chi connectivity index (χ0n) is 21.2. The van der Waals surface area contributed by atoms with Gasteiger partial charge in [-0.15, -0.1) is 0 Å². The van der Waals surface area contributed by atoms with Gasteiger partial charge in [-0.2, -0.15) is 0 Å². The molecule has 0 spiro atoms. The Kier molecular flexibility index (Phi) is 5.88. The van der Waals surface area contributed by atoms with Gasteiger partial charge in [0.1, 0.15) is 5.75 Å². The highest BCUT2D eigenvalue weighted by Crippen LogP contribution is 2.44. The molecule has 0 unspecified atom stereocenters. The zero-order valence-corrected chi connectivity index (χ0v) is 21.2. The summed E-state index contributed by atoms with van der Waals surface area (Å²) in [5, 5.41) is 6.91. The zero-order chi connectivity index (χ0) is 25.6. The maximum absolute atomic E-state index is 13.0. The Morgan fingerprint density at radius 1 is 0.972 bits per heavy atom. The van der Waals surface area contributed by atoms with Gasteiger partial charge in [-0.1, -0.05) is 0 Å². The fraction of sp³-hybridized carbons (Fsp3) is 0.333. The highest BCUT2D eigenvalue weighted by atomic mass is 16.7. The molecular formula is C27H29N3O6. The Bertz CT molecular complexity index is 1500. The summed E-state index contributed by atoms with van der Waals surface area (Å²) in [4.78, 5) is 19.7. The van der Waals surface area contributed by atoms with E-state index >= 15 is 0 Å². The van der Waals surface area contributed by atoms with Crippen molar-refractivity contribution in [1.82, 2.24) is 15.2 Å². The number of hydrogen-bond acceptors (Lipinski definition) is 8. The average molecular weight is 492 g/mol. The predicted molar refractivity (Wildman–Crippen MR) is 138 cm³/mol. The Labute approximate surface area is 208 Å². The molecule has 1 aliphatic rings. The van der Waals surface area contributed by atoms with E-state index in [2.05, 4.69) is 10.3 Å². The Morgan fingerprint density at radius 3 is 2.33 bits per heavy atom. The minimum Gasteiger partial charge on any atom is -0.493 e. The fourth-order valence-electron chi connectivity index (χ4n) is 4.18. The van der Waals surface area contributed by atoms with Crippen molar-refractivity contribution >= 4 is 38.5 Å². The first-order valence-corrected chi connectivity index (χ1v) is 11.6. The number of nitrogens with one attached hydrogen (secondary N) is 1. The first-order chi connectivity index (χ1) is 17.2. The van der Waals surface area contributed by atoms with Gasteiger partial charge in [-0.3, -0.25) is 4.98 Å². The summed E-state index contributed by atoms with van der Waals surface area (Å²) >= 11 is 0. The van der Waals surface area contributed by atoms with Crippen LogP contribution in [-0.2, 0) is 0 Å². The number of ether oxygens (including phenoxy) is 5. The largest absolute Gasteiger partial charge is 0.493 e. The summed E-state index contributed by atoms with van der Waals surface area (Å²) in [5.41, 5.74) is 0.452. The maximum atomic E-state index is 13.0. The quantitative estimate of drug-likeness (QED) is 0.388. The number of benzene rings is 3. The monoisotopic (exact) mass is 491 g/mol. The Balaban J connectivity index is 1.70. The summed E-state index contributed by atoms with van der Waals surface area (Å²) in [6.45, 7) is 4.65. The van der Waals surface area contributed by atoms with Crippen molar-refractivity contribution in [3.8, 4) is 28.7 Å². The van der Waals surface area contributed by atoms with E-state index in [-0.39, 0.29) is 12.3 Å². The highest BCUT2D eigenvalue weighted by Gasteiger charge is 2.24. The van der Waals surface area contributed by atoms with Crippen LogP contribution in [0.3, 0.4) is 0 Å². The molecule has 1 N–H and O–H groups in total. The number of nitrogens with zero attached hydrogens (tertiary/aromatic N) is 2. The van der Waals surface area contributed by atoms with Gasteiger partial charge in [-0.05, 0) is 63.0 Å². The van der Waals surface area contributed by atoms with Crippen molar-refractivity contribution in [2.45, 2.75) is 19.4 Å². The molecule has 0 saturated carbocycles. The molecule has 9 heteroatoms. The van der Waals surface area contributed by atoms with E-state index in [9.17, 15) is 4.79 Å². The normalized spacial score (nSPS) is 13.0. The van der Waals surface area contributed by atoms with Crippen molar-refractivity contribution in [1.29, 1.82) is 0 Å². The molecule has 0 bridgehead atoms. The summed E-state index contributed by atoms with van der Waals surface area (Å²) in [6.07, 6.45) is 1.23. The molecule has 1 aliphatic heterocycles. The lowest BCUT2D eigenvalue weighted by Crippen LogP contribution is -2.48. The lowest BCUT2D eigenvalue weighted by atomic mass is 9.98. The number of fused-ring (bicyclic) bond motifs is 6. The Morgan fingerprint density at radius 2 is 1.64 bits per heavy atom. The van der Waals surface area contributed by atoms with E-state index in [1.165, 1.54) is 0 Å². The lowest BCUT2D eigenvalue weighted by molar-refractivity contribution is 0.170. The third-order valence-corrected chi connectivity index (χ3v) is 6.82. The summed E-state index contributed by atoms with van der Waals surface area (Å²) in [5.74, 6) is 2.81. The van der Waals surface area contributed by atoms with Crippen LogP contribution in [0.15, 0.2) is 36.5 Å². The van der Waals surface area contributed by atoms with E-state index in [1.807, 2.05) is 63.2 Å². The number of rotatable bonds is 6. The van der Waals surface area contributed by atoms with Gasteiger partial charge in [0.15, 0.2) is 23.0 Å². The third-order valence-electron chi connectivity index (χ3n) is 6.82. The average Bonchev–Trinajstić information content (AvgIpc) is 3.32. The molecule has 0 atom stereocenters. The van der Waals surface area contributed by atoms with Crippen molar-refractivity contribution < 1.29 is 28.5 Å². The molecule has 5 rings (SSSR count). The molecule has 3 aromatic carbocycles. The van der Waals surface area contributed by atoms with Crippen molar-refractivity contribution in [2.24, 2.45) is 0 Å². The van der Waals surface area contributed by atoms with Crippen molar-refractivity contribution in [2.75, 3.05) is 41.7 Å². The molecule has 0 radical (unpaired) electrons. The number of likely N-dealkylation sites (N-methyl/N-ethyl adjacent to an activating group) is 1. The number of methoxy groups -OCH3 is 2. The molecule has 0 fully saturated rings. The second kappa shape index (κ2) is 8.91. The van der Waals surface area contributed by atoms with Crippen LogP contribution in [0.4, 0.5) is 4.79 Å². The molecule has 0 saturated heterocycles. The van der Waals surface area contributed by atoms with E-state index in [4.69, 9.17) is 23.7 Å². The van der Waals surface area contributed by atoms with E-state index in [0.29, 0.717) is 40.8 Å². The summed E-state index contributed by atoms with van der Waals surface area (Å²) < 4.78 is 28.1. The molecule has 1 amide bonds. The van der Waals surface area contributed by atoms with Crippen molar-refractivity contribution in [3.63, 3.8) is 0 Å². The number of aromatic nitrogens is 1.